The Bertz CT molecular complexity index is 610. The highest BCUT2D eigenvalue weighted by molar-refractivity contribution is 6.62. The summed E-state index contributed by atoms with van der Waals surface area (Å²) in [6.45, 7) is 10.3. The first kappa shape index (κ1) is 14.6. The van der Waals surface area contributed by atoms with Gasteiger partial charge in [0.05, 0.1) is 22.8 Å². The van der Waals surface area contributed by atoms with Crippen LogP contribution in [0.5, 0.6) is 0 Å². The molecule has 0 radical (unpaired) electrons. The van der Waals surface area contributed by atoms with Crippen LogP contribution in [0.2, 0.25) is 0 Å². The van der Waals surface area contributed by atoms with Crippen molar-refractivity contribution in [2.75, 3.05) is 0 Å². The molecule has 0 amide bonds. The first-order valence-corrected chi connectivity index (χ1v) is 7.65. The summed E-state index contributed by atoms with van der Waals surface area (Å²) in [6, 6.07) is 6.44. The molecule has 110 valence electrons. The van der Waals surface area contributed by atoms with Crippen LogP contribution in [0, 0.1) is 18.3 Å². The normalized spacial score (nSPS) is 23.1. The fraction of sp³-hybridized carbons (Fsp3) is 0.588. The van der Waals surface area contributed by atoms with Gasteiger partial charge in [-0.1, -0.05) is 11.6 Å². The smallest absolute Gasteiger partial charge is 0.399 e. The van der Waals surface area contributed by atoms with Gasteiger partial charge in [0.1, 0.15) is 0 Å². The largest absolute Gasteiger partial charge is 0.495 e. The van der Waals surface area contributed by atoms with Crippen LogP contribution in [0.4, 0.5) is 0 Å². The van der Waals surface area contributed by atoms with Gasteiger partial charge in [-0.2, -0.15) is 5.26 Å². The Morgan fingerprint density at radius 2 is 1.71 bits per heavy atom. The summed E-state index contributed by atoms with van der Waals surface area (Å²) in [5.41, 5.74) is 3.42. The third kappa shape index (κ3) is 2.39. The fourth-order valence-corrected chi connectivity index (χ4v) is 2.80. The minimum absolute atomic E-state index is 0.336. The van der Waals surface area contributed by atoms with E-state index in [1.807, 2.05) is 13.0 Å². The number of nitriles is 1. The second-order valence-electron chi connectivity index (χ2n) is 7.27. The van der Waals surface area contributed by atoms with Crippen LogP contribution in [0.25, 0.3) is 0 Å². The van der Waals surface area contributed by atoms with Crippen molar-refractivity contribution in [3.63, 3.8) is 0 Å². The number of hydrogen-bond acceptors (Lipinski definition) is 3. The molecule has 1 aliphatic heterocycles. The monoisotopic (exact) mass is 283 g/mol. The summed E-state index contributed by atoms with van der Waals surface area (Å²) in [5, 5.41) is 9.33. The summed E-state index contributed by atoms with van der Waals surface area (Å²) in [6.07, 6.45) is 2.36. The molecule has 4 heteroatoms. The van der Waals surface area contributed by atoms with Crippen LogP contribution in [0.1, 0.15) is 63.1 Å². The van der Waals surface area contributed by atoms with E-state index >= 15 is 0 Å². The van der Waals surface area contributed by atoms with E-state index in [0.29, 0.717) is 5.92 Å². The lowest BCUT2D eigenvalue weighted by molar-refractivity contribution is 0.00578. The third-order valence-corrected chi connectivity index (χ3v) is 5.08. The Morgan fingerprint density at radius 3 is 2.19 bits per heavy atom. The van der Waals surface area contributed by atoms with E-state index in [-0.39, 0.29) is 18.3 Å². The summed E-state index contributed by atoms with van der Waals surface area (Å²) in [7, 11) is -0.347. The molecule has 0 aromatic heterocycles. The van der Waals surface area contributed by atoms with Crippen molar-refractivity contribution < 1.29 is 9.31 Å². The van der Waals surface area contributed by atoms with Gasteiger partial charge in [-0.15, -0.1) is 0 Å². The Balaban J connectivity index is 2.00. The highest BCUT2D eigenvalue weighted by atomic mass is 16.7. The van der Waals surface area contributed by atoms with Gasteiger partial charge in [0.2, 0.25) is 0 Å². The van der Waals surface area contributed by atoms with E-state index < -0.39 is 0 Å². The molecule has 1 saturated carbocycles. The maximum atomic E-state index is 9.33. The number of benzene rings is 1. The van der Waals surface area contributed by atoms with Gasteiger partial charge >= 0.3 is 7.12 Å². The summed E-state index contributed by atoms with van der Waals surface area (Å²) in [4.78, 5) is 0. The van der Waals surface area contributed by atoms with E-state index in [0.717, 1.165) is 22.2 Å². The van der Waals surface area contributed by atoms with Crippen molar-refractivity contribution in [3.8, 4) is 6.07 Å². The van der Waals surface area contributed by atoms with E-state index in [2.05, 4.69) is 39.8 Å². The molecule has 3 rings (SSSR count). The lowest BCUT2D eigenvalue weighted by atomic mass is 9.74. The summed E-state index contributed by atoms with van der Waals surface area (Å²) < 4.78 is 12.3. The van der Waals surface area contributed by atoms with Gasteiger partial charge in [-0.3, -0.25) is 0 Å². The SMILES string of the molecule is Cc1cc(C#N)c(C2CC2)cc1B1OC(C)(C)C(C)(C)O1. The van der Waals surface area contributed by atoms with Crippen molar-refractivity contribution in [2.45, 2.75) is 64.6 Å². The van der Waals surface area contributed by atoms with E-state index in [9.17, 15) is 5.26 Å². The van der Waals surface area contributed by atoms with Crippen molar-refractivity contribution in [3.05, 3.63) is 28.8 Å². The molecule has 2 fully saturated rings. The zero-order valence-electron chi connectivity index (χ0n) is 13.5. The van der Waals surface area contributed by atoms with E-state index in [4.69, 9.17) is 9.31 Å². The minimum atomic E-state index is -0.347. The molecular formula is C17H22BNO2. The van der Waals surface area contributed by atoms with Crippen LogP contribution in [0.3, 0.4) is 0 Å². The number of rotatable bonds is 2. The molecule has 2 aliphatic rings. The molecule has 0 spiro atoms. The number of hydrogen-bond donors (Lipinski definition) is 0. The molecule has 0 N–H and O–H groups in total. The predicted molar refractivity (Wildman–Crippen MR) is 83.6 cm³/mol. The van der Waals surface area contributed by atoms with Gasteiger partial charge < -0.3 is 9.31 Å². The highest BCUT2D eigenvalue weighted by Crippen LogP contribution is 2.42. The average molecular weight is 283 g/mol. The maximum absolute atomic E-state index is 9.33. The van der Waals surface area contributed by atoms with Gasteiger partial charge in [0.15, 0.2) is 0 Å². The Kier molecular flexibility index (Phi) is 3.20. The van der Waals surface area contributed by atoms with Crippen molar-refractivity contribution in [1.82, 2.24) is 0 Å². The number of aryl methyl sites for hydroxylation is 1. The zero-order chi connectivity index (χ0) is 15.4. The van der Waals surface area contributed by atoms with Crippen molar-refractivity contribution in [1.29, 1.82) is 5.26 Å². The molecule has 1 heterocycles. The van der Waals surface area contributed by atoms with Gasteiger partial charge in [0, 0.05) is 0 Å². The third-order valence-electron chi connectivity index (χ3n) is 5.08. The second-order valence-corrected chi connectivity index (χ2v) is 7.27. The molecule has 1 saturated heterocycles. The van der Waals surface area contributed by atoms with Crippen LogP contribution in [0.15, 0.2) is 12.1 Å². The van der Waals surface area contributed by atoms with Crippen LogP contribution in [-0.4, -0.2) is 18.3 Å². The molecule has 21 heavy (non-hydrogen) atoms. The first-order valence-electron chi connectivity index (χ1n) is 7.65. The topological polar surface area (TPSA) is 42.2 Å². The van der Waals surface area contributed by atoms with Crippen molar-refractivity contribution in [2.24, 2.45) is 0 Å². The fourth-order valence-electron chi connectivity index (χ4n) is 2.80. The standard InChI is InChI=1S/C17H22BNO2/c1-11-8-13(10-19)14(12-6-7-12)9-15(11)18-20-16(2,3)17(4,5)21-18/h8-9,12H,6-7H2,1-5H3. The quantitative estimate of drug-likeness (QED) is 0.783. The predicted octanol–water partition coefficient (Wildman–Crippen LogP) is 3.04. The Labute approximate surface area is 127 Å². The lowest BCUT2D eigenvalue weighted by Gasteiger charge is -2.32. The Hall–Kier alpha value is -1.31. The molecular weight excluding hydrogens is 261 g/mol. The van der Waals surface area contributed by atoms with Gasteiger partial charge in [-0.05, 0) is 70.5 Å². The molecule has 1 aromatic rings. The van der Waals surface area contributed by atoms with Crippen LogP contribution >= 0.6 is 0 Å². The molecule has 1 aromatic carbocycles. The van der Waals surface area contributed by atoms with Gasteiger partial charge in [0.25, 0.3) is 0 Å². The zero-order valence-corrected chi connectivity index (χ0v) is 13.5. The Morgan fingerprint density at radius 1 is 1.14 bits per heavy atom. The van der Waals surface area contributed by atoms with E-state index in [1.54, 1.807) is 0 Å². The van der Waals surface area contributed by atoms with E-state index in [1.165, 1.54) is 12.8 Å². The van der Waals surface area contributed by atoms with Gasteiger partial charge in [-0.25, -0.2) is 0 Å². The average Bonchev–Trinajstić information content (AvgIpc) is 3.17. The summed E-state index contributed by atoms with van der Waals surface area (Å²) >= 11 is 0. The van der Waals surface area contributed by atoms with Crippen molar-refractivity contribution >= 4 is 12.6 Å². The second kappa shape index (κ2) is 4.59. The maximum Gasteiger partial charge on any atom is 0.495 e. The molecule has 0 atom stereocenters. The minimum Gasteiger partial charge on any atom is -0.399 e. The molecule has 3 nitrogen and oxygen atoms in total. The highest BCUT2D eigenvalue weighted by Gasteiger charge is 2.52. The van der Waals surface area contributed by atoms with Crippen LogP contribution in [-0.2, 0) is 9.31 Å². The molecule has 0 unspecified atom stereocenters. The first-order chi connectivity index (χ1) is 9.75. The summed E-state index contributed by atoms with van der Waals surface area (Å²) in [5.74, 6) is 0.543. The number of nitrogens with zero attached hydrogens (tertiary/aromatic N) is 1. The molecule has 0 bridgehead atoms. The lowest BCUT2D eigenvalue weighted by Crippen LogP contribution is -2.41. The molecule has 1 aliphatic carbocycles. The van der Waals surface area contributed by atoms with Crippen LogP contribution < -0.4 is 5.46 Å².